The van der Waals surface area contributed by atoms with E-state index >= 15 is 0 Å². The van der Waals surface area contributed by atoms with Crippen LogP contribution in [0.15, 0.2) is 18.2 Å². The van der Waals surface area contributed by atoms with E-state index in [0.29, 0.717) is 30.8 Å². The standard InChI is InChI=1S/C15H21FN2O/c1-15(2)6-5-14(19)18(8-7-15)10-11-3-4-12(17)9-13(11)16/h3-4,9H,5-8,10,17H2,1-2H3. The minimum absolute atomic E-state index is 0.113. The van der Waals surface area contributed by atoms with E-state index in [1.54, 1.807) is 17.0 Å². The molecule has 0 aromatic heterocycles. The van der Waals surface area contributed by atoms with Crippen molar-refractivity contribution >= 4 is 11.6 Å². The molecule has 1 aliphatic heterocycles. The quantitative estimate of drug-likeness (QED) is 0.835. The summed E-state index contributed by atoms with van der Waals surface area (Å²) >= 11 is 0. The van der Waals surface area contributed by atoms with Crippen LogP contribution in [0.2, 0.25) is 0 Å². The van der Waals surface area contributed by atoms with Crippen LogP contribution in [-0.2, 0) is 11.3 Å². The minimum atomic E-state index is -0.337. The maximum atomic E-state index is 13.8. The van der Waals surface area contributed by atoms with Crippen LogP contribution >= 0.6 is 0 Å². The Morgan fingerprint density at radius 1 is 1.37 bits per heavy atom. The molecule has 19 heavy (non-hydrogen) atoms. The van der Waals surface area contributed by atoms with Crippen molar-refractivity contribution in [1.29, 1.82) is 0 Å². The number of nitrogens with two attached hydrogens (primary N) is 1. The molecular weight excluding hydrogens is 243 g/mol. The SMILES string of the molecule is CC1(C)CCC(=O)N(Cc2ccc(N)cc2F)CC1. The summed E-state index contributed by atoms with van der Waals surface area (Å²) in [4.78, 5) is 13.8. The van der Waals surface area contributed by atoms with Gasteiger partial charge in [0.25, 0.3) is 0 Å². The molecule has 3 nitrogen and oxygen atoms in total. The van der Waals surface area contributed by atoms with E-state index in [-0.39, 0.29) is 17.1 Å². The van der Waals surface area contributed by atoms with Crippen molar-refractivity contribution in [3.8, 4) is 0 Å². The number of nitrogen functional groups attached to an aromatic ring is 1. The number of hydrogen-bond donors (Lipinski definition) is 1. The van der Waals surface area contributed by atoms with E-state index in [4.69, 9.17) is 5.73 Å². The molecule has 4 heteroatoms. The molecule has 1 amide bonds. The third-order valence-corrected chi connectivity index (χ3v) is 3.87. The lowest BCUT2D eigenvalue weighted by Crippen LogP contribution is -2.30. The number of hydrogen-bond acceptors (Lipinski definition) is 2. The Kier molecular flexibility index (Phi) is 3.78. The largest absolute Gasteiger partial charge is 0.399 e. The first-order chi connectivity index (χ1) is 8.87. The summed E-state index contributed by atoms with van der Waals surface area (Å²) in [6.45, 7) is 5.37. The van der Waals surface area contributed by atoms with Gasteiger partial charge in [-0.15, -0.1) is 0 Å². The van der Waals surface area contributed by atoms with Crippen LogP contribution in [0.3, 0.4) is 0 Å². The number of halogens is 1. The summed E-state index contributed by atoms with van der Waals surface area (Å²) in [5.41, 5.74) is 6.65. The topological polar surface area (TPSA) is 46.3 Å². The molecule has 1 saturated heterocycles. The van der Waals surface area contributed by atoms with Gasteiger partial charge in [-0.25, -0.2) is 4.39 Å². The molecule has 1 heterocycles. The Bertz CT molecular complexity index is 485. The van der Waals surface area contributed by atoms with Crippen LogP contribution in [0.4, 0.5) is 10.1 Å². The molecule has 0 saturated carbocycles. The second kappa shape index (κ2) is 5.19. The zero-order valence-corrected chi connectivity index (χ0v) is 11.6. The van der Waals surface area contributed by atoms with Crippen molar-refractivity contribution in [2.45, 2.75) is 39.7 Å². The fourth-order valence-corrected chi connectivity index (χ4v) is 2.36. The summed E-state index contributed by atoms with van der Waals surface area (Å²) in [7, 11) is 0. The van der Waals surface area contributed by atoms with Crippen LogP contribution in [-0.4, -0.2) is 17.4 Å². The molecule has 0 radical (unpaired) electrons. The molecule has 0 aliphatic carbocycles. The molecule has 0 unspecified atom stereocenters. The monoisotopic (exact) mass is 264 g/mol. The van der Waals surface area contributed by atoms with Gasteiger partial charge in [0.05, 0.1) is 0 Å². The number of carbonyl (C=O) groups is 1. The fourth-order valence-electron chi connectivity index (χ4n) is 2.36. The highest BCUT2D eigenvalue weighted by Crippen LogP contribution is 2.31. The predicted molar refractivity (Wildman–Crippen MR) is 73.9 cm³/mol. The Morgan fingerprint density at radius 2 is 2.11 bits per heavy atom. The van der Waals surface area contributed by atoms with Gasteiger partial charge in [-0.05, 0) is 30.4 Å². The molecule has 2 N–H and O–H groups in total. The summed E-state index contributed by atoms with van der Waals surface area (Å²) in [6.07, 6.45) is 2.39. The van der Waals surface area contributed by atoms with Crippen LogP contribution in [0.5, 0.6) is 0 Å². The Labute approximate surface area is 113 Å². The van der Waals surface area contributed by atoms with Gasteiger partial charge < -0.3 is 10.6 Å². The van der Waals surface area contributed by atoms with Gasteiger partial charge >= 0.3 is 0 Å². The third kappa shape index (κ3) is 3.46. The van der Waals surface area contributed by atoms with Crippen LogP contribution < -0.4 is 5.73 Å². The smallest absolute Gasteiger partial charge is 0.222 e. The Balaban J connectivity index is 2.11. The van der Waals surface area contributed by atoms with E-state index in [1.165, 1.54) is 6.07 Å². The molecular formula is C15H21FN2O. The molecule has 0 atom stereocenters. The fraction of sp³-hybridized carbons (Fsp3) is 0.533. The number of benzene rings is 1. The van der Waals surface area contributed by atoms with Crippen molar-refractivity contribution in [2.75, 3.05) is 12.3 Å². The van der Waals surface area contributed by atoms with Crippen molar-refractivity contribution in [2.24, 2.45) is 5.41 Å². The van der Waals surface area contributed by atoms with Gasteiger partial charge in [-0.2, -0.15) is 0 Å². The molecule has 1 fully saturated rings. The van der Waals surface area contributed by atoms with E-state index in [9.17, 15) is 9.18 Å². The van der Waals surface area contributed by atoms with Gasteiger partial charge in [0.2, 0.25) is 5.91 Å². The number of carbonyl (C=O) groups excluding carboxylic acids is 1. The summed E-state index contributed by atoms with van der Waals surface area (Å²) in [5, 5.41) is 0. The molecule has 1 aliphatic rings. The van der Waals surface area contributed by atoms with Crippen LogP contribution in [0.25, 0.3) is 0 Å². The molecule has 1 aromatic carbocycles. The van der Waals surface area contributed by atoms with Crippen molar-refractivity contribution in [3.63, 3.8) is 0 Å². The van der Waals surface area contributed by atoms with Gasteiger partial charge in [-0.3, -0.25) is 4.79 Å². The van der Waals surface area contributed by atoms with Crippen LogP contribution in [0, 0.1) is 11.2 Å². The molecule has 0 bridgehead atoms. The van der Waals surface area contributed by atoms with Gasteiger partial charge in [0.1, 0.15) is 5.82 Å². The number of nitrogens with zero attached hydrogens (tertiary/aromatic N) is 1. The first kappa shape index (κ1) is 13.8. The highest BCUT2D eigenvalue weighted by molar-refractivity contribution is 5.76. The van der Waals surface area contributed by atoms with E-state index in [0.717, 1.165) is 12.8 Å². The highest BCUT2D eigenvalue weighted by atomic mass is 19.1. The van der Waals surface area contributed by atoms with E-state index in [1.807, 2.05) is 0 Å². The lowest BCUT2D eigenvalue weighted by Gasteiger charge is -2.23. The summed E-state index contributed by atoms with van der Waals surface area (Å²) < 4.78 is 13.8. The van der Waals surface area contributed by atoms with Gasteiger partial charge in [0.15, 0.2) is 0 Å². The minimum Gasteiger partial charge on any atom is -0.399 e. The maximum Gasteiger partial charge on any atom is 0.222 e. The Morgan fingerprint density at radius 3 is 2.79 bits per heavy atom. The molecule has 0 spiro atoms. The second-order valence-corrected chi connectivity index (χ2v) is 6.08. The average molecular weight is 264 g/mol. The normalized spacial score (nSPS) is 19.3. The lowest BCUT2D eigenvalue weighted by molar-refractivity contribution is -0.131. The van der Waals surface area contributed by atoms with Crippen molar-refractivity contribution in [3.05, 3.63) is 29.6 Å². The zero-order chi connectivity index (χ0) is 14.0. The first-order valence-corrected chi connectivity index (χ1v) is 6.69. The van der Waals surface area contributed by atoms with Gasteiger partial charge in [0, 0.05) is 30.8 Å². The van der Waals surface area contributed by atoms with Crippen LogP contribution in [0.1, 0.15) is 38.7 Å². The highest BCUT2D eigenvalue weighted by Gasteiger charge is 2.27. The molecule has 2 rings (SSSR count). The first-order valence-electron chi connectivity index (χ1n) is 6.69. The van der Waals surface area contributed by atoms with E-state index in [2.05, 4.69) is 13.8 Å². The number of anilines is 1. The number of rotatable bonds is 2. The number of likely N-dealkylation sites (tertiary alicyclic amines) is 1. The van der Waals surface area contributed by atoms with E-state index < -0.39 is 0 Å². The van der Waals surface area contributed by atoms with Gasteiger partial charge in [-0.1, -0.05) is 19.9 Å². The third-order valence-electron chi connectivity index (χ3n) is 3.87. The zero-order valence-electron chi connectivity index (χ0n) is 11.6. The number of amides is 1. The summed E-state index contributed by atoms with van der Waals surface area (Å²) in [6, 6.07) is 4.64. The van der Waals surface area contributed by atoms with Crippen molar-refractivity contribution < 1.29 is 9.18 Å². The van der Waals surface area contributed by atoms with Crippen molar-refractivity contribution in [1.82, 2.24) is 4.90 Å². The second-order valence-electron chi connectivity index (χ2n) is 6.08. The lowest BCUT2D eigenvalue weighted by atomic mass is 9.85. The Hall–Kier alpha value is -1.58. The molecule has 1 aromatic rings. The molecule has 104 valence electrons. The predicted octanol–water partition coefficient (Wildman–Crippen LogP) is 2.95. The summed E-state index contributed by atoms with van der Waals surface area (Å²) in [5.74, 6) is -0.224. The maximum absolute atomic E-state index is 13.8. The average Bonchev–Trinajstić information content (AvgIpc) is 2.45.